The third kappa shape index (κ3) is 3.76. The molecule has 19 heavy (non-hydrogen) atoms. The van der Waals surface area contributed by atoms with E-state index in [-0.39, 0.29) is 10.5 Å². The summed E-state index contributed by atoms with van der Waals surface area (Å²) in [4.78, 5) is 22.0. The molecule has 1 aromatic carbocycles. The molecule has 1 atom stereocenters. The molecule has 0 aliphatic carbocycles. The number of nitrogens with one attached hydrogen (secondary N) is 1. The van der Waals surface area contributed by atoms with Gasteiger partial charge in [0.25, 0.3) is 0 Å². The molecule has 0 aliphatic heterocycles. The minimum Gasteiger partial charge on any atom is -0.465 e. The number of esters is 1. The molecule has 1 amide bonds. The highest BCUT2D eigenvalue weighted by Crippen LogP contribution is 2.12. The average molecular weight is 286 g/mol. The normalized spacial score (nSPS) is 12.7. The fraction of sp³-hybridized carbons (Fsp3) is 0.273. The standard InChI is InChI=1S/C11H14N2O5S/c1-7(10(12)14)13-19(16,17)9-5-3-4-8(6-9)11(15)18-2/h3-7,13H,1-2H3,(H2,12,14)/t7-/m1/s1. The molecule has 0 fully saturated rings. The smallest absolute Gasteiger partial charge is 0.337 e. The van der Waals surface area contributed by atoms with Crippen LogP contribution in [0, 0.1) is 0 Å². The molecule has 8 heteroatoms. The second-order valence-electron chi connectivity index (χ2n) is 3.76. The van der Waals surface area contributed by atoms with Crippen molar-refractivity contribution >= 4 is 21.9 Å². The van der Waals surface area contributed by atoms with Crippen molar-refractivity contribution in [2.45, 2.75) is 17.9 Å². The largest absolute Gasteiger partial charge is 0.465 e. The molecule has 0 spiro atoms. The van der Waals surface area contributed by atoms with Crippen molar-refractivity contribution in [3.05, 3.63) is 29.8 Å². The highest BCUT2D eigenvalue weighted by atomic mass is 32.2. The lowest BCUT2D eigenvalue weighted by Crippen LogP contribution is -2.42. The molecule has 0 saturated carbocycles. The van der Waals surface area contributed by atoms with Crippen LogP contribution in [0.1, 0.15) is 17.3 Å². The molecule has 1 aromatic rings. The van der Waals surface area contributed by atoms with Gasteiger partial charge in [-0.25, -0.2) is 13.2 Å². The lowest BCUT2D eigenvalue weighted by molar-refractivity contribution is -0.119. The summed E-state index contributed by atoms with van der Waals surface area (Å²) in [7, 11) is -2.74. The van der Waals surface area contributed by atoms with Gasteiger partial charge in [0.15, 0.2) is 0 Å². The van der Waals surface area contributed by atoms with E-state index in [4.69, 9.17) is 5.73 Å². The predicted octanol–water partition coefficient (Wildman–Crippen LogP) is -0.375. The number of nitrogens with two attached hydrogens (primary N) is 1. The number of carbonyl (C=O) groups excluding carboxylic acids is 2. The number of benzene rings is 1. The van der Waals surface area contributed by atoms with Crippen LogP contribution >= 0.6 is 0 Å². The van der Waals surface area contributed by atoms with Gasteiger partial charge in [0.05, 0.1) is 23.6 Å². The summed E-state index contributed by atoms with van der Waals surface area (Å²) in [6.07, 6.45) is 0. The van der Waals surface area contributed by atoms with Gasteiger partial charge in [-0.1, -0.05) is 6.07 Å². The Balaban J connectivity index is 3.08. The number of hydrogen-bond donors (Lipinski definition) is 2. The Kier molecular flexibility index (Phi) is 4.62. The summed E-state index contributed by atoms with van der Waals surface area (Å²) < 4.78 is 30.5. The van der Waals surface area contributed by atoms with E-state index in [9.17, 15) is 18.0 Å². The zero-order valence-electron chi connectivity index (χ0n) is 10.4. The van der Waals surface area contributed by atoms with Crippen LogP contribution in [0.2, 0.25) is 0 Å². The zero-order valence-corrected chi connectivity index (χ0v) is 11.2. The van der Waals surface area contributed by atoms with Crippen molar-refractivity contribution in [2.24, 2.45) is 5.73 Å². The van der Waals surface area contributed by atoms with Gasteiger partial charge in [-0.3, -0.25) is 4.79 Å². The molecule has 0 saturated heterocycles. The van der Waals surface area contributed by atoms with Crippen molar-refractivity contribution in [2.75, 3.05) is 7.11 Å². The fourth-order valence-electron chi connectivity index (χ4n) is 1.27. The first-order valence-electron chi connectivity index (χ1n) is 5.28. The van der Waals surface area contributed by atoms with E-state index in [0.717, 1.165) is 6.07 Å². The summed E-state index contributed by atoms with van der Waals surface area (Å²) in [6, 6.07) is 4.22. The first-order valence-corrected chi connectivity index (χ1v) is 6.76. The summed E-state index contributed by atoms with van der Waals surface area (Å²) in [5.41, 5.74) is 5.08. The van der Waals surface area contributed by atoms with E-state index in [0.29, 0.717) is 0 Å². The molecular formula is C11H14N2O5S. The van der Waals surface area contributed by atoms with Crippen LogP contribution in [0.3, 0.4) is 0 Å². The predicted molar refractivity (Wildman–Crippen MR) is 66.8 cm³/mol. The first-order chi connectivity index (χ1) is 8.77. The van der Waals surface area contributed by atoms with Crippen LogP contribution in [0.4, 0.5) is 0 Å². The highest BCUT2D eigenvalue weighted by Gasteiger charge is 2.21. The number of ether oxygens (including phenoxy) is 1. The summed E-state index contributed by atoms with van der Waals surface area (Å²) >= 11 is 0. The maximum Gasteiger partial charge on any atom is 0.337 e. The zero-order chi connectivity index (χ0) is 14.6. The topological polar surface area (TPSA) is 116 Å². The molecule has 0 radical (unpaired) electrons. The van der Waals surface area contributed by atoms with Gasteiger partial charge in [0, 0.05) is 0 Å². The monoisotopic (exact) mass is 286 g/mol. The van der Waals surface area contributed by atoms with Crippen molar-refractivity contribution in [1.29, 1.82) is 0 Å². The van der Waals surface area contributed by atoms with Crippen LogP contribution in [-0.4, -0.2) is 33.4 Å². The van der Waals surface area contributed by atoms with Crippen molar-refractivity contribution < 1.29 is 22.7 Å². The molecule has 7 nitrogen and oxygen atoms in total. The van der Waals surface area contributed by atoms with Gasteiger partial charge in [-0.15, -0.1) is 0 Å². The number of hydrogen-bond acceptors (Lipinski definition) is 5. The van der Waals surface area contributed by atoms with Gasteiger partial charge in [-0.2, -0.15) is 4.72 Å². The highest BCUT2D eigenvalue weighted by molar-refractivity contribution is 7.89. The van der Waals surface area contributed by atoms with Crippen LogP contribution < -0.4 is 10.5 Å². The van der Waals surface area contributed by atoms with E-state index in [2.05, 4.69) is 9.46 Å². The van der Waals surface area contributed by atoms with E-state index in [1.54, 1.807) is 0 Å². The molecular weight excluding hydrogens is 272 g/mol. The van der Waals surface area contributed by atoms with Crippen molar-refractivity contribution in [3.63, 3.8) is 0 Å². The summed E-state index contributed by atoms with van der Waals surface area (Å²) in [5.74, 6) is -1.45. The SMILES string of the molecule is COC(=O)c1cccc(S(=O)(=O)N[C@H](C)C(N)=O)c1. The van der Waals surface area contributed by atoms with Crippen LogP contribution in [-0.2, 0) is 19.6 Å². The van der Waals surface area contributed by atoms with Crippen molar-refractivity contribution in [3.8, 4) is 0 Å². The average Bonchev–Trinajstić information content (AvgIpc) is 2.37. The number of methoxy groups -OCH3 is 1. The Morgan fingerprint density at radius 2 is 2.00 bits per heavy atom. The Hall–Kier alpha value is -1.93. The first kappa shape index (κ1) is 15.1. The number of carbonyl (C=O) groups is 2. The third-order valence-electron chi connectivity index (χ3n) is 2.32. The van der Waals surface area contributed by atoms with Gasteiger partial charge in [0.1, 0.15) is 0 Å². The van der Waals surface area contributed by atoms with Crippen LogP contribution in [0.15, 0.2) is 29.2 Å². The molecule has 3 N–H and O–H groups in total. The number of amides is 1. The van der Waals surface area contributed by atoms with E-state index >= 15 is 0 Å². The number of primary amides is 1. The van der Waals surface area contributed by atoms with Crippen LogP contribution in [0.25, 0.3) is 0 Å². The Bertz CT molecular complexity index is 597. The molecule has 0 unspecified atom stereocenters. The minimum atomic E-state index is -3.93. The van der Waals surface area contributed by atoms with Crippen molar-refractivity contribution in [1.82, 2.24) is 4.72 Å². The lowest BCUT2D eigenvalue weighted by atomic mass is 10.2. The van der Waals surface area contributed by atoms with Gasteiger partial charge in [0.2, 0.25) is 15.9 Å². The summed E-state index contributed by atoms with van der Waals surface area (Å²) in [5, 5.41) is 0. The van der Waals surface area contributed by atoms with Gasteiger partial charge >= 0.3 is 5.97 Å². The van der Waals surface area contributed by atoms with E-state index < -0.39 is 27.9 Å². The quantitative estimate of drug-likeness (QED) is 0.716. The maximum atomic E-state index is 11.9. The van der Waals surface area contributed by atoms with Gasteiger partial charge < -0.3 is 10.5 Å². The molecule has 0 bridgehead atoms. The Labute approximate surface area is 110 Å². The fourth-order valence-corrected chi connectivity index (χ4v) is 2.52. The minimum absolute atomic E-state index is 0.0945. The molecule has 0 heterocycles. The second kappa shape index (κ2) is 5.81. The maximum absolute atomic E-state index is 11.9. The Morgan fingerprint density at radius 1 is 1.37 bits per heavy atom. The number of rotatable bonds is 5. The Morgan fingerprint density at radius 3 is 2.53 bits per heavy atom. The second-order valence-corrected chi connectivity index (χ2v) is 5.48. The number of sulfonamides is 1. The molecule has 0 aliphatic rings. The molecule has 104 valence electrons. The van der Waals surface area contributed by atoms with E-state index in [1.807, 2.05) is 0 Å². The summed E-state index contributed by atoms with van der Waals surface area (Å²) in [6.45, 7) is 1.32. The molecule has 1 rings (SSSR count). The lowest BCUT2D eigenvalue weighted by Gasteiger charge is -2.11. The molecule has 0 aromatic heterocycles. The van der Waals surface area contributed by atoms with E-state index in [1.165, 1.54) is 32.2 Å². The van der Waals surface area contributed by atoms with Gasteiger partial charge in [-0.05, 0) is 25.1 Å². The third-order valence-corrected chi connectivity index (χ3v) is 3.86. The van der Waals surface area contributed by atoms with Crippen LogP contribution in [0.5, 0.6) is 0 Å².